The zero-order valence-corrected chi connectivity index (χ0v) is 17.8. The van der Waals surface area contributed by atoms with Crippen molar-refractivity contribution in [1.82, 2.24) is 15.2 Å². The molecule has 2 aromatic rings. The first-order valence-corrected chi connectivity index (χ1v) is 10.6. The summed E-state index contributed by atoms with van der Waals surface area (Å²) in [5.41, 5.74) is 1.93. The molecule has 1 N–H and O–H groups in total. The van der Waals surface area contributed by atoms with E-state index in [4.69, 9.17) is 9.73 Å². The van der Waals surface area contributed by atoms with Gasteiger partial charge in [-0.3, -0.25) is 14.9 Å². The fraction of sp³-hybridized carbons (Fsp3) is 0.391. The van der Waals surface area contributed by atoms with Gasteiger partial charge < -0.3 is 14.5 Å². The minimum absolute atomic E-state index is 0.218. The van der Waals surface area contributed by atoms with Gasteiger partial charge in [-0.25, -0.2) is 9.98 Å². The average Bonchev–Trinajstić information content (AvgIpc) is 2.80. The van der Waals surface area contributed by atoms with Crippen molar-refractivity contribution >= 4 is 23.7 Å². The van der Waals surface area contributed by atoms with Crippen LogP contribution in [-0.2, 0) is 14.3 Å². The fourth-order valence-corrected chi connectivity index (χ4v) is 3.92. The highest BCUT2D eigenvalue weighted by Crippen LogP contribution is 2.31. The summed E-state index contributed by atoms with van der Waals surface area (Å²) in [6, 6.07) is 13.0. The first kappa shape index (κ1) is 20.8. The van der Waals surface area contributed by atoms with Crippen LogP contribution in [0.1, 0.15) is 24.1 Å². The van der Waals surface area contributed by atoms with E-state index < -0.39 is 17.9 Å². The van der Waals surface area contributed by atoms with Crippen LogP contribution in [0.25, 0.3) is 0 Å². The first-order chi connectivity index (χ1) is 15.1. The zero-order valence-electron chi connectivity index (χ0n) is 17.8. The largest absolute Gasteiger partial charge is 0.465 e. The van der Waals surface area contributed by atoms with Crippen molar-refractivity contribution in [2.24, 2.45) is 10.9 Å². The summed E-state index contributed by atoms with van der Waals surface area (Å²) in [5, 5.41) is 2.84. The van der Waals surface area contributed by atoms with E-state index in [9.17, 15) is 9.59 Å². The smallest absolute Gasteiger partial charge is 0.321 e. The lowest BCUT2D eigenvalue weighted by Crippen LogP contribution is -2.57. The molecule has 31 heavy (non-hydrogen) atoms. The molecule has 1 aromatic carbocycles. The van der Waals surface area contributed by atoms with Crippen molar-refractivity contribution in [2.75, 3.05) is 37.7 Å². The highest BCUT2D eigenvalue weighted by Gasteiger charge is 2.42. The number of aromatic nitrogens is 1. The molecule has 4 rings (SSSR count). The molecule has 0 unspecified atom stereocenters. The SMILES string of the molecule is CCOC(=O)[C@H]1C(=O)NC(N2CCN(c3ccccn3)CC2)=N[C@H]1c1ccc(C)cc1. The van der Waals surface area contributed by atoms with Crippen LogP contribution in [0.4, 0.5) is 5.82 Å². The molecule has 0 spiro atoms. The lowest BCUT2D eigenvalue weighted by molar-refractivity contribution is -0.153. The molecular formula is C23H27N5O3. The van der Waals surface area contributed by atoms with Gasteiger partial charge in [0.1, 0.15) is 11.9 Å². The van der Waals surface area contributed by atoms with E-state index in [-0.39, 0.29) is 12.5 Å². The summed E-state index contributed by atoms with van der Waals surface area (Å²) in [4.78, 5) is 39.0. The Bertz CT molecular complexity index is 953. The summed E-state index contributed by atoms with van der Waals surface area (Å²) >= 11 is 0. The topological polar surface area (TPSA) is 87.1 Å². The van der Waals surface area contributed by atoms with Gasteiger partial charge in [0, 0.05) is 32.4 Å². The number of amides is 1. The standard InChI is InChI=1S/C23H27N5O3/c1-3-31-22(30)19-20(17-9-7-16(2)8-10-17)25-23(26-21(19)29)28-14-12-27(13-15-28)18-6-4-5-11-24-18/h4-11,19-20H,3,12-15H2,1-2H3,(H,25,26,29)/t19-,20+/m1/s1. The van der Waals surface area contributed by atoms with Crippen LogP contribution in [-0.4, -0.2) is 60.5 Å². The van der Waals surface area contributed by atoms with Crippen LogP contribution >= 0.6 is 0 Å². The summed E-state index contributed by atoms with van der Waals surface area (Å²) < 4.78 is 5.17. The maximum atomic E-state index is 13.0. The van der Waals surface area contributed by atoms with Gasteiger partial charge in [-0.05, 0) is 31.5 Å². The van der Waals surface area contributed by atoms with Crippen molar-refractivity contribution < 1.29 is 14.3 Å². The van der Waals surface area contributed by atoms with Crippen LogP contribution in [0, 0.1) is 12.8 Å². The number of anilines is 1. The molecule has 162 valence electrons. The number of ether oxygens (including phenoxy) is 1. The van der Waals surface area contributed by atoms with E-state index in [0.29, 0.717) is 19.0 Å². The summed E-state index contributed by atoms with van der Waals surface area (Å²) in [6.07, 6.45) is 1.79. The number of nitrogens with one attached hydrogen (secondary N) is 1. The minimum Gasteiger partial charge on any atom is -0.465 e. The highest BCUT2D eigenvalue weighted by molar-refractivity contribution is 6.08. The Balaban J connectivity index is 1.56. The lowest BCUT2D eigenvalue weighted by atomic mass is 9.91. The molecule has 1 aromatic heterocycles. The van der Waals surface area contributed by atoms with Gasteiger partial charge in [0.25, 0.3) is 0 Å². The second-order valence-corrected chi connectivity index (χ2v) is 7.69. The van der Waals surface area contributed by atoms with Gasteiger partial charge in [-0.1, -0.05) is 35.9 Å². The van der Waals surface area contributed by atoms with Crippen molar-refractivity contribution in [2.45, 2.75) is 19.9 Å². The number of aliphatic imine (C=N–C) groups is 1. The monoisotopic (exact) mass is 421 g/mol. The number of guanidine groups is 1. The number of carbonyl (C=O) groups is 2. The Hall–Kier alpha value is -3.42. The maximum Gasteiger partial charge on any atom is 0.321 e. The van der Waals surface area contributed by atoms with Crippen molar-refractivity contribution in [3.05, 3.63) is 59.8 Å². The number of pyridine rings is 1. The third-order valence-electron chi connectivity index (χ3n) is 5.61. The second-order valence-electron chi connectivity index (χ2n) is 7.69. The maximum absolute atomic E-state index is 13.0. The number of carbonyl (C=O) groups excluding carboxylic acids is 2. The Morgan fingerprint density at radius 3 is 2.45 bits per heavy atom. The number of esters is 1. The molecule has 1 saturated heterocycles. The number of nitrogens with zero attached hydrogens (tertiary/aromatic N) is 4. The first-order valence-electron chi connectivity index (χ1n) is 10.6. The zero-order chi connectivity index (χ0) is 21.8. The summed E-state index contributed by atoms with van der Waals surface area (Å²) in [7, 11) is 0. The van der Waals surface area contributed by atoms with E-state index in [1.165, 1.54) is 0 Å². The quantitative estimate of drug-likeness (QED) is 0.600. The predicted octanol–water partition coefficient (Wildman–Crippen LogP) is 1.92. The van der Waals surface area contributed by atoms with Crippen molar-refractivity contribution in [3.8, 4) is 0 Å². The average molecular weight is 422 g/mol. The van der Waals surface area contributed by atoms with Gasteiger partial charge in [-0.15, -0.1) is 0 Å². The van der Waals surface area contributed by atoms with Crippen molar-refractivity contribution in [1.29, 1.82) is 0 Å². The lowest BCUT2D eigenvalue weighted by Gasteiger charge is -2.39. The Morgan fingerprint density at radius 2 is 1.81 bits per heavy atom. The molecule has 0 aliphatic carbocycles. The second kappa shape index (κ2) is 9.16. The molecule has 8 nitrogen and oxygen atoms in total. The van der Waals surface area contributed by atoms with Crippen LogP contribution < -0.4 is 10.2 Å². The number of hydrogen-bond donors (Lipinski definition) is 1. The van der Waals surface area contributed by atoms with E-state index in [2.05, 4.69) is 20.1 Å². The van der Waals surface area contributed by atoms with Gasteiger partial charge in [0.2, 0.25) is 11.9 Å². The Kier molecular flexibility index (Phi) is 6.16. The van der Waals surface area contributed by atoms with E-state index >= 15 is 0 Å². The molecule has 0 bridgehead atoms. The molecule has 0 saturated carbocycles. The predicted molar refractivity (Wildman–Crippen MR) is 118 cm³/mol. The van der Waals surface area contributed by atoms with Gasteiger partial charge in [0.15, 0.2) is 5.92 Å². The summed E-state index contributed by atoms with van der Waals surface area (Å²) in [6.45, 7) is 6.87. The van der Waals surface area contributed by atoms with Crippen LogP contribution in [0.3, 0.4) is 0 Å². The van der Waals surface area contributed by atoms with E-state index in [1.807, 2.05) is 49.4 Å². The van der Waals surface area contributed by atoms with E-state index in [0.717, 1.165) is 30.0 Å². The van der Waals surface area contributed by atoms with E-state index in [1.54, 1.807) is 13.1 Å². The molecule has 8 heteroatoms. The Morgan fingerprint density at radius 1 is 1.10 bits per heavy atom. The molecule has 3 heterocycles. The molecule has 1 fully saturated rings. The number of hydrogen-bond acceptors (Lipinski definition) is 7. The number of rotatable bonds is 4. The number of benzene rings is 1. The molecular weight excluding hydrogens is 394 g/mol. The third kappa shape index (κ3) is 4.52. The fourth-order valence-electron chi connectivity index (χ4n) is 3.92. The molecule has 1 amide bonds. The molecule has 2 aliphatic heterocycles. The number of aryl methyl sites for hydroxylation is 1. The summed E-state index contributed by atoms with van der Waals surface area (Å²) in [5.74, 6) is -0.468. The van der Waals surface area contributed by atoms with Gasteiger partial charge in [-0.2, -0.15) is 0 Å². The van der Waals surface area contributed by atoms with Crippen molar-refractivity contribution in [3.63, 3.8) is 0 Å². The Labute approximate surface area is 181 Å². The van der Waals surface area contributed by atoms with Gasteiger partial charge >= 0.3 is 5.97 Å². The highest BCUT2D eigenvalue weighted by atomic mass is 16.5. The van der Waals surface area contributed by atoms with Crippen LogP contribution in [0.2, 0.25) is 0 Å². The van der Waals surface area contributed by atoms with Gasteiger partial charge in [0.05, 0.1) is 6.61 Å². The molecule has 2 aliphatic rings. The van der Waals surface area contributed by atoms with Crippen LogP contribution in [0.15, 0.2) is 53.7 Å². The molecule has 0 radical (unpaired) electrons. The normalized spacial score (nSPS) is 21.4. The number of piperazine rings is 1. The molecule has 2 atom stereocenters. The minimum atomic E-state index is -0.999. The van der Waals surface area contributed by atoms with Crippen LogP contribution in [0.5, 0.6) is 0 Å². The third-order valence-corrected chi connectivity index (χ3v) is 5.61.